The molecule has 3 aromatic heterocycles. The molecule has 0 saturated carbocycles. The summed E-state index contributed by atoms with van der Waals surface area (Å²) in [6.45, 7) is 0. The van der Waals surface area contributed by atoms with Crippen molar-refractivity contribution < 1.29 is 8.83 Å². The second-order valence-electron chi connectivity index (χ2n) is 13.5. The third-order valence-electron chi connectivity index (χ3n) is 10.4. The third kappa shape index (κ3) is 4.69. The summed E-state index contributed by atoms with van der Waals surface area (Å²) in [5.74, 6) is 0.586. The van der Waals surface area contributed by atoms with Crippen LogP contribution >= 0.6 is 0 Å². The monoisotopic (exact) mass is 693 g/mol. The number of hydrogen-bond donors (Lipinski definition) is 0. The number of hydrogen-bond acceptors (Lipinski definition) is 4. The van der Waals surface area contributed by atoms with Gasteiger partial charge in [0.1, 0.15) is 16.7 Å². The Morgan fingerprint density at radius 3 is 1.94 bits per heavy atom. The van der Waals surface area contributed by atoms with Gasteiger partial charge < -0.3 is 18.3 Å². The highest BCUT2D eigenvalue weighted by Crippen LogP contribution is 2.47. The van der Waals surface area contributed by atoms with Crippen LogP contribution < -0.4 is 4.90 Å². The van der Waals surface area contributed by atoms with Gasteiger partial charge in [0.15, 0.2) is 5.58 Å². The minimum Gasteiger partial charge on any atom is -0.456 e. The molecule has 11 rings (SSSR count). The Morgan fingerprint density at radius 1 is 0.463 bits per heavy atom. The molecule has 5 heteroatoms. The largest absolute Gasteiger partial charge is 0.456 e. The van der Waals surface area contributed by atoms with E-state index in [4.69, 9.17) is 13.8 Å². The summed E-state index contributed by atoms with van der Waals surface area (Å²) in [6.07, 6.45) is 0. The van der Waals surface area contributed by atoms with Gasteiger partial charge in [-0.2, -0.15) is 0 Å². The summed E-state index contributed by atoms with van der Waals surface area (Å²) in [5, 5.41) is 4.29. The summed E-state index contributed by atoms with van der Waals surface area (Å²) in [7, 11) is 0. The van der Waals surface area contributed by atoms with Crippen LogP contribution in [0, 0.1) is 0 Å². The Hall–Kier alpha value is -7.37. The second kappa shape index (κ2) is 12.1. The van der Waals surface area contributed by atoms with Crippen molar-refractivity contribution in [2.24, 2.45) is 0 Å². The summed E-state index contributed by atoms with van der Waals surface area (Å²) in [6, 6.07) is 65.7. The standard InChI is InChI=1S/C49H31N3O2/c1-4-15-32(16-5-1)36-21-10-12-24-40(36)51(42-26-14-23-38-37-22-11-13-25-41(37)52(48(38)42)34-19-8-3-9-20-34)35-27-28-43-39(31-35)46-44(53-43)29-30-45-47(46)50-49(54-45)33-17-6-2-7-18-33/h1-31H. The van der Waals surface area contributed by atoms with E-state index in [1.165, 1.54) is 10.8 Å². The predicted octanol–water partition coefficient (Wildman–Crippen LogP) is 13.6. The molecule has 54 heavy (non-hydrogen) atoms. The minimum absolute atomic E-state index is 0.586. The van der Waals surface area contributed by atoms with Gasteiger partial charge in [0.25, 0.3) is 0 Å². The van der Waals surface area contributed by atoms with E-state index in [1.807, 2.05) is 42.5 Å². The van der Waals surface area contributed by atoms with Crippen LogP contribution in [0.25, 0.3) is 83.1 Å². The molecule has 0 bridgehead atoms. The maximum absolute atomic E-state index is 6.50. The van der Waals surface area contributed by atoms with Crippen LogP contribution in [0.4, 0.5) is 17.1 Å². The summed E-state index contributed by atoms with van der Waals surface area (Å²) in [5.41, 5.74) is 12.8. The molecule has 0 atom stereocenters. The molecule has 11 aromatic rings. The number of rotatable bonds is 6. The van der Waals surface area contributed by atoms with Crippen molar-refractivity contribution in [2.45, 2.75) is 0 Å². The Balaban J connectivity index is 1.23. The van der Waals surface area contributed by atoms with Gasteiger partial charge in [-0.25, -0.2) is 4.98 Å². The molecule has 0 saturated heterocycles. The minimum atomic E-state index is 0.586. The number of anilines is 3. The van der Waals surface area contributed by atoms with Gasteiger partial charge in [0, 0.05) is 38.7 Å². The molecule has 0 aliphatic heterocycles. The Bertz CT molecular complexity index is 3160. The zero-order valence-corrected chi connectivity index (χ0v) is 29.1. The third-order valence-corrected chi connectivity index (χ3v) is 10.4. The molecule has 0 spiro atoms. The zero-order chi connectivity index (χ0) is 35.6. The maximum atomic E-state index is 6.50. The first-order valence-corrected chi connectivity index (χ1v) is 18.1. The highest BCUT2D eigenvalue weighted by molar-refractivity contribution is 6.18. The van der Waals surface area contributed by atoms with E-state index in [0.717, 1.165) is 83.5 Å². The highest BCUT2D eigenvalue weighted by Gasteiger charge is 2.25. The molecule has 0 aliphatic carbocycles. The van der Waals surface area contributed by atoms with Crippen LogP contribution in [0.5, 0.6) is 0 Å². The van der Waals surface area contributed by atoms with Crippen molar-refractivity contribution in [3.63, 3.8) is 0 Å². The van der Waals surface area contributed by atoms with Crippen LogP contribution in [0.1, 0.15) is 0 Å². The van der Waals surface area contributed by atoms with Crippen LogP contribution in [-0.4, -0.2) is 9.55 Å². The number of nitrogens with zero attached hydrogens (tertiary/aromatic N) is 3. The van der Waals surface area contributed by atoms with Crippen molar-refractivity contribution in [1.82, 2.24) is 9.55 Å². The summed E-state index contributed by atoms with van der Waals surface area (Å²) >= 11 is 0. The number of aromatic nitrogens is 2. The van der Waals surface area contributed by atoms with Crippen molar-refractivity contribution >= 4 is 71.9 Å². The number of para-hydroxylation sites is 4. The number of furan rings is 1. The first kappa shape index (κ1) is 30.3. The van der Waals surface area contributed by atoms with E-state index in [2.05, 4.69) is 155 Å². The van der Waals surface area contributed by atoms with E-state index in [-0.39, 0.29) is 0 Å². The predicted molar refractivity (Wildman–Crippen MR) is 221 cm³/mol. The molecule has 5 nitrogen and oxygen atoms in total. The smallest absolute Gasteiger partial charge is 0.227 e. The fourth-order valence-corrected chi connectivity index (χ4v) is 8.05. The van der Waals surface area contributed by atoms with Gasteiger partial charge in [-0.15, -0.1) is 0 Å². The van der Waals surface area contributed by atoms with E-state index >= 15 is 0 Å². The lowest BCUT2D eigenvalue weighted by atomic mass is 10.0. The highest BCUT2D eigenvalue weighted by atomic mass is 16.4. The Labute approximate surface area is 310 Å². The Morgan fingerprint density at radius 2 is 1.11 bits per heavy atom. The SMILES string of the molecule is c1ccc(-c2nc3c(ccc4oc5ccc(N(c6ccccc6-c6ccccc6)c6cccc7c8ccccc8n(-c8ccccc8)c67)cc5c43)o2)cc1. The van der Waals surface area contributed by atoms with E-state index in [1.54, 1.807) is 0 Å². The van der Waals surface area contributed by atoms with Crippen LogP contribution in [-0.2, 0) is 0 Å². The number of oxazole rings is 1. The average Bonchev–Trinajstić information content (AvgIpc) is 3.94. The van der Waals surface area contributed by atoms with Crippen molar-refractivity contribution in [3.05, 3.63) is 188 Å². The molecule has 0 amide bonds. The lowest BCUT2D eigenvalue weighted by Gasteiger charge is -2.29. The number of benzene rings is 8. The molecule has 0 fully saturated rings. The lowest BCUT2D eigenvalue weighted by molar-refractivity contribution is 0.619. The van der Waals surface area contributed by atoms with Gasteiger partial charge >= 0.3 is 0 Å². The fraction of sp³-hybridized carbons (Fsp3) is 0. The molecule has 254 valence electrons. The van der Waals surface area contributed by atoms with Crippen molar-refractivity contribution in [1.29, 1.82) is 0 Å². The van der Waals surface area contributed by atoms with Crippen molar-refractivity contribution in [3.8, 4) is 28.3 Å². The molecule has 0 unspecified atom stereocenters. The molecule has 0 N–H and O–H groups in total. The topological polar surface area (TPSA) is 47.3 Å². The summed E-state index contributed by atoms with van der Waals surface area (Å²) in [4.78, 5) is 7.45. The molecular weight excluding hydrogens is 663 g/mol. The molecule has 0 aliphatic rings. The number of fused-ring (bicyclic) bond motifs is 8. The zero-order valence-electron chi connectivity index (χ0n) is 29.1. The van der Waals surface area contributed by atoms with E-state index in [9.17, 15) is 0 Å². The quantitative estimate of drug-likeness (QED) is 0.174. The average molecular weight is 694 g/mol. The summed E-state index contributed by atoms with van der Waals surface area (Å²) < 4.78 is 15.2. The molecule has 3 heterocycles. The van der Waals surface area contributed by atoms with Gasteiger partial charge in [-0.05, 0) is 78.4 Å². The van der Waals surface area contributed by atoms with Crippen molar-refractivity contribution in [2.75, 3.05) is 4.90 Å². The Kier molecular flexibility index (Phi) is 6.79. The van der Waals surface area contributed by atoms with Gasteiger partial charge in [-0.3, -0.25) is 0 Å². The molecule has 0 radical (unpaired) electrons. The van der Waals surface area contributed by atoms with Crippen LogP contribution in [0.2, 0.25) is 0 Å². The van der Waals surface area contributed by atoms with Crippen LogP contribution in [0.3, 0.4) is 0 Å². The first-order valence-electron chi connectivity index (χ1n) is 18.1. The van der Waals surface area contributed by atoms with Gasteiger partial charge in [-0.1, -0.05) is 115 Å². The first-order chi connectivity index (χ1) is 26.8. The fourth-order valence-electron chi connectivity index (χ4n) is 8.05. The van der Waals surface area contributed by atoms with Gasteiger partial charge in [0.05, 0.1) is 27.8 Å². The second-order valence-corrected chi connectivity index (χ2v) is 13.5. The van der Waals surface area contributed by atoms with Crippen LogP contribution in [0.15, 0.2) is 197 Å². The lowest BCUT2D eigenvalue weighted by Crippen LogP contribution is -2.12. The van der Waals surface area contributed by atoms with E-state index in [0.29, 0.717) is 5.89 Å². The molecule has 8 aromatic carbocycles. The van der Waals surface area contributed by atoms with Gasteiger partial charge in [0.2, 0.25) is 5.89 Å². The van der Waals surface area contributed by atoms with E-state index < -0.39 is 0 Å². The molecular formula is C49H31N3O2. The normalized spacial score (nSPS) is 11.7. The maximum Gasteiger partial charge on any atom is 0.227 e.